The lowest BCUT2D eigenvalue weighted by molar-refractivity contribution is -0.138. The molecule has 0 saturated carbocycles. The third kappa shape index (κ3) is 2.69. The van der Waals surface area contributed by atoms with Crippen molar-refractivity contribution in [3.05, 3.63) is 35.7 Å². The molecule has 3 N–H and O–H groups in total. The Bertz CT molecular complexity index is 610. The topological polar surface area (TPSA) is 93.9 Å². The first-order valence-electron chi connectivity index (χ1n) is 7.11. The number of carbonyl (C=O) groups excluding carboxylic acids is 2. The molecule has 1 aromatic carbocycles. The summed E-state index contributed by atoms with van der Waals surface area (Å²) in [6.45, 7) is 1.86. The van der Waals surface area contributed by atoms with Crippen molar-refractivity contribution in [1.29, 1.82) is 0 Å². The maximum absolute atomic E-state index is 11.8. The van der Waals surface area contributed by atoms with Crippen LogP contribution in [0.15, 0.2) is 30.1 Å². The molecule has 2 aliphatic rings. The molecule has 3 rings (SSSR count). The first kappa shape index (κ1) is 14.6. The number of benzene rings is 1. The van der Waals surface area contributed by atoms with Crippen molar-refractivity contribution in [3.63, 3.8) is 0 Å². The largest absolute Gasteiger partial charge is 0.464 e. The molecule has 1 aromatic rings. The monoisotopic (exact) mass is 303 g/mol. The Kier molecular flexibility index (Phi) is 4.11. The van der Waals surface area contributed by atoms with Crippen molar-refractivity contribution in [1.82, 2.24) is 5.32 Å². The van der Waals surface area contributed by atoms with Crippen molar-refractivity contribution in [3.8, 4) is 0 Å². The van der Waals surface area contributed by atoms with Gasteiger partial charge in [0.25, 0.3) is 11.8 Å². The van der Waals surface area contributed by atoms with Crippen molar-refractivity contribution >= 4 is 17.5 Å². The fraction of sp³-hybridized carbons (Fsp3) is 0.400. The van der Waals surface area contributed by atoms with Gasteiger partial charge in [0.2, 0.25) is 0 Å². The van der Waals surface area contributed by atoms with E-state index in [9.17, 15) is 9.59 Å². The Balaban J connectivity index is 1.79. The van der Waals surface area contributed by atoms with Gasteiger partial charge < -0.3 is 20.5 Å². The minimum Gasteiger partial charge on any atom is -0.464 e. The fourth-order valence-corrected chi connectivity index (χ4v) is 2.57. The van der Waals surface area contributed by atoms with Crippen LogP contribution in [0.4, 0.5) is 5.69 Å². The van der Waals surface area contributed by atoms with Gasteiger partial charge in [-0.25, -0.2) is 4.79 Å². The van der Waals surface area contributed by atoms with E-state index in [4.69, 9.17) is 15.2 Å². The van der Waals surface area contributed by atoms with Crippen LogP contribution in [0.25, 0.3) is 0 Å². The number of rotatable bonds is 3. The molecule has 2 aliphatic heterocycles. The van der Waals surface area contributed by atoms with E-state index < -0.39 is 6.10 Å². The van der Waals surface area contributed by atoms with Crippen LogP contribution in [-0.4, -0.2) is 44.2 Å². The van der Waals surface area contributed by atoms with Gasteiger partial charge in [0, 0.05) is 18.8 Å². The second kappa shape index (κ2) is 6.19. The summed E-state index contributed by atoms with van der Waals surface area (Å²) in [5.41, 5.74) is 7.13. The van der Waals surface area contributed by atoms with Crippen LogP contribution in [0.5, 0.6) is 0 Å². The van der Waals surface area contributed by atoms with Crippen LogP contribution in [0, 0.1) is 0 Å². The van der Waals surface area contributed by atoms with E-state index in [1.165, 1.54) is 0 Å². The number of morpholine rings is 1. The molecule has 7 nitrogen and oxygen atoms in total. The first-order valence-corrected chi connectivity index (χ1v) is 7.11. The Hall–Kier alpha value is -2.34. The van der Waals surface area contributed by atoms with E-state index in [1.807, 2.05) is 24.3 Å². The average Bonchev–Trinajstić information content (AvgIpc) is 2.99. The number of nitrogens with one attached hydrogen (secondary N) is 1. The molecule has 116 valence electrons. The van der Waals surface area contributed by atoms with Gasteiger partial charge >= 0.3 is 0 Å². The zero-order valence-corrected chi connectivity index (χ0v) is 12.0. The van der Waals surface area contributed by atoms with E-state index in [0.717, 1.165) is 11.3 Å². The Morgan fingerprint density at radius 2 is 2.14 bits per heavy atom. The highest BCUT2D eigenvalue weighted by Gasteiger charge is 2.30. The van der Waals surface area contributed by atoms with Gasteiger partial charge in [-0.05, 0) is 17.7 Å². The third-order valence-corrected chi connectivity index (χ3v) is 3.69. The number of nitrogens with two attached hydrogens (primary N) is 1. The molecule has 0 aliphatic carbocycles. The number of hydrogen-bond donors (Lipinski definition) is 2. The van der Waals surface area contributed by atoms with Gasteiger partial charge in [-0.2, -0.15) is 0 Å². The van der Waals surface area contributed by atoms with Gasteiger partial charge in [-0.1, -0.05) is 12.1 Å². The predicted octanol–water partition coefficient (Wildman–Crippen LogP) is -0.289. The second-order valence-electron chi connectivity index (χ2n) is 5.13. The molecule has 2 fully saturated rings. The molecule has 2 atom stereocenters. The van der Waals surface area contributed by atoms with Gasteiger partial charge in [-0.15, -0.1) is 0 Å². The molecule has 0 radical (unpaired) electrons. The van der Waals surface area contributed by atoms with Crippen molar-refractivity contribution in [2.45, 2.75) is 12.2 Å². The first-order chi connectivity index (χ1) is 10.7. The lowest BCUT2D eigenvalue weighted by atomic mass is 10.1. The summed E-state index contributed by atoms with van der Waals surface area (Å²) in [6.07, 6.45) is -0.806. The molecule has 0 aromatic heterocycles. The van der Waals surface area contributed by atoms with Gasteiger partial charge in [0.15, 0.2) is 12.0 Å². The van der Waals surface area contributed by atoms with E-state index in [1.54, 1.807) is 10.8 Å². The summed E-state index contributed by atoms with van der Waals surface area (Å²) in [7, 11) is 0. The van der Waals surface area contributed by atoms with E-state index >= 15 is 0 Å². The minimum absolute atomic E-state index is 0.134. The quantitative estimate of drug-likeness (QED) is 0.745. The maximum atomic E-state index is 11.8. The number of nitrogens with zero attached hydrogens (tertiary/aromatic N) is 1. The third-order valence-electron chi connectivity index (χ3n) is 3.69. The molecular formula is C15H17N3O4. The lowest BCUT2D eigenvalue weighted by Gasteiger charge is -2.23. The highest BCUT2D eigenvalue weighted by molar-refractivity contribution is 5.83. The summed E-state index contributed by atoms with van der Waals surface area (Å²) in [6, 6.07) is 7.26. The van der Waals surface area contributed by atoms with Crippen molar-refractivity contribution in [2.24, 2.45) is 5.73 Å². The van der Waals surface area contributed by atoms with Gasteiger partial charge in [-0.3, -0.25) is 9.69 Å². The minimum atomic E-state index is -0.587. The van der Waals surface area contributed by atoms with Crippen LogP contribution in [-0.2, 0) is 19.1 Å². The Labute approximate surface area is 127 Å². The molecule has 0 bridgehead atoms. The maximum Gasteiger partial charge on any atom is 0.283 e. The van der Waals surface area contributed by atoms with E-state index in [2.05, 4.69) is 5.32 Å². The zero-order valence-electron chi connectivity index (χ0n) is 12.0. The van der Waals surface area contributed by atoms with E-state index in [-0.39, 0.29) is 17.9 Å². The molecule has 1 unspecified atom stereocenters. The van der Waals surface area contributed by atoms with Crippen LogP contribution < -0.4 is 16.0 Å². The number of hydrogen-bond acceptors (Lipinski definition) is 6. The Morgan fingerprint density at radius 1 is 1.36 bits per heavy atom. The fourth-order valence-electron chi connectivity index (χ4n) is 2.57. The number of amides is 1. The molecule has 0 spiro atoms. The van der Waals surface area contributed by atoms with Crippen LogP contribution >= 0.6 is 0 Å². The van der Waals surface area contributed by atoms with Crippen molar-refractivity contribution < 1.29 is 19.1 Å². The standard InChI is InChI=1S/C15H17N3O4/c16-7-12-8-18(13(9-19)22-12)11-3-1-10(2-4-11)14-15(20)17-5-6-21-14/h1-4,12,14H,5-8,16H2,(H,17,20)/t12-,14?/m1/s1. The summed E-state index contributed by atoms with van der Waals surface area (Å²) in [5, 5.41) is 2.77. The van der Waals surface area contributed by atoms with Gasteiger partial charge in [0.1, 0.15) is 6.10 Å². The molecular weight excluding hydrogens is 286 g/mol. The normalized spacial score (nSPS) is 24.7. The summed E-state index contributed by atoms with van der Waals surface area (Å²) in [4.78, 5) is 24.5. The second-order valence-corrected chi connectivity index (χ2v) is 5.13. The zero-order chi connectivity index (χ0) is 15.5. The summed E-state index contributed by atoms with van der Waals surface area (Å²) < 4.78 is 10.9. The van der Waals surface area contributed by atoms with Crippen LogP contribution in [0.3, 0.4) is 0 Å². The molecule has 2 heterocycles. The van der Waals surface area contributed by atoms with Crippen LogP contribution in [0.1, 0.15) is 11.7 Å². The molecule has 2 saturated heterocycles. The molecule has 22 heavy (non-hydrogen) atoms. The highest BCUT2D eigenvalue weighted by atomic mass is 16.5. The molecule has 7 heteroatoms. The SMILES string of the molecule is NC[C@@H]1CN(c2ccc(C3OCCNC3=O)cc2)C(=C=O)O1. The number of carbonyl (C=O) groups is 1. The smallest absolute Gasteiger partial charge is 0.283 e. The van der Waals surface area contributed by atoms with Crippen molar-refractivity contribution in [2.75, 3.05) is 31.1 Å². The summed E-state index contributed by atoms with van der Waals surface area (Å²) >= 11 is 0. The van der Waals surface area contributed by atoms with E-state index in [0.29, 0.717) is 26.2 Å². The lowest BCUT2D eigenvalue weighted by Crippen LogP contribution is -2.39. The highest BCUT2D eigenvalue weighted by Crippen LogP contribution is 2.28. The molecule has 1 amide bonds. The number of ether oxygens (including phenoxy) is 2. The Morgan fingerprint density at radius 3 is 2.77 bits per heavy atom. The summed E-state index contributed by atoms with van der Waals surface area (Å²) in [5.74, 6) is 1.78. The predicted molar refractivity (Wildman–Crippen MR) is 78.6 cm³/mol. The number of anilines is 1. The van der Waals surface area contributed by atoms with Crippen LogP contribution in [0.2, 0.25) is 0 Å². The average molecular weight is 303 g/mol. The van der Waals surface area contributed by atoms with Gasteiger partial charge in [0.05, 0.1) is 13.2 Å².